The lowest BCUT2D eigenvalue weighted by Gasteiger charge is -2.69. The third kappa shape index (κ3) is 3.72. The maximum Gasteiger partial charge on any atom is 0.289 e. The highest BCUT2D eigenvalue weighted by atomic mass is 32.1. The molecule has 1 unspecified atom stereocenters. The molecule has 39 heavy (non-hydrogen) atoms. The van der Waals surface area contributed by atoms with Gasteiger partial charge >= 0.3 is 0 Å². The smallest absolute Gasteiger partial charge is 0.289 e. The van der Waals surface area contributed by atoms with Gasteiger partial charge in [-0.1, -0.05) is 12.1 Å². The van der Waals surface area contributed by atoms with Crippen LogP contribution in [-0.2, 0) is 25.1 Å². The van der Waals surface area contributed by atoms with Gasteiger partial charge in [0, 0.05) is 12.5 Å². The Morgan fingerprint density at radius 2 is 1.74 bits per heavy atom. The number of thiazole rings is 1. The molecule has 3 aromatic rings. The van der Waals surface area contributed by atoms with Crippen LogP contribution in [0.2, 0.25) is 0 Å². The lowest BCUT2D eigenvalue weighted by atomic mass is 9.47. The summed E-state index contributed by atoms with van der Waals surface area (Å²) in [6, 6.07) is 11.6. The van der Waals surface area contributed by atoms with Crippen LogP contribution in [-0.4, -0.2) is 50.7 Å². The minimum atomic E-state index is -1.24. The average molecular weight is 551 g/mol. The van der Waals surface area contributed by atoms with E-state index in [9.17, 15) is 19.8 Å². The quantitative estimate of drug-likeness (QED) is 0.423. The van der Waals surface area contributed by atoms with Gasteiger partial charge in [0.25, 0.3) is 11.7 Å². The number of aromatic nitrogens is 1. The Balaban J connectivity index is 1.16. The number of hydrogen-bond acceptors (Lipinski definition) is 9. The molecule has 9 nitrogen and oxygen atoms in total. The van der Waals surface area contributed by atoms with Crippen LogP contribution < -0.4 is 0 Å². The van der Waals surface area contributed by atoms with Crippen molar-refractivity contribution in [3.63, 3.8) is 0 Å². The molecular formula is C29H30N2O7S. The molecule has 2 aromatic carbocycles. The minimum Gasteiger partial charge on any atom is -0.508 e. The van der Waals surface area contributed by atoms with Crippen LogP contribution in [0.4, 0.5) is 0 Å². The second-order valence-electron chi connectivity index (χ2n) is 11.4. The summed E-state index contributed by atoms with van der Waals surface area (Å²) in [5.41, 5.74) is 0.578. The third-order valence-corrected chi connectivity index (χ3v) is 10.2. The predicted molar refractivity (Wildman–Crippen MR) is 141 cm³/mol. The van der Waals surface area contributed by atoms with E-state index < -0.39 is 23.2 Å². The highest BCUT2D eigenvalue weighted by molar-refractivity contribution is 7.20. The van der Waals surface area contributed by atoms with E-state index in [1.165, 1.54) is 19.4 Å². The molecule has 1 spiro atoms. The maximum absolute atomic E-state index is 13.3. The van der Waals surface area contributed by atoms with Gasteiger partial charge in [0.15, 0.2) is 10.6 Å². The lowest BCUT2D eigenvalue weighted by molar-refractivity contribution is -0.648. The molecule has 5 fully saturated rings. The number of carbonyl (C=O) groups is 2. The van der Waals surface area contributed by atoms with Crippen LogP contribution in [0.3, 0.4) is 0 Å². The van der Waals surface area contributed by atoms with Crippen molar-refractivity contribution in [2.45, 2.75) is 50.4 Å². The molecule has 2 amide bonds. The predicted octanol–water partition coefficient (Wildman–Crippen LogP) is 4.72. The number of aromatic hydroxyl groups is 2. The standard InChI is InChI=1S/C29H30N2O7S/c1-16(32)31(27(35)26-30-24-6-5-23(34)15-25(24)39-26)7-8-36-29(19-3-2-4-22(33)14-19)28(37-38-29)20-10-17-9-18(12-20)13-21(28)11-17/h2-6,14-15,17-18,20-21,33-34H,7-13H2,1H3. The summed E-state index contributed by atoms with van der Waals surface area (Å²) in [7, 11) is 0. The van der Waals surface area contributed by atoms with E-state index in [1.807, 2.05) is 6.07 Å². The van der Waals surface area contributed by atoms with E-state index in [4.69, 9.17) is 14.5 Å². The second kappa shape index (κ2) is 8.99. The fourth-order valence-corrected chi connectivity index (χ4v) is 8.73. The summed E-state index contributed by atoms with van der Waals surface area (Å²) in [6.45, 7) is 1.35. The first-order chi connectivity index (χ1) is 18.8. The molecule has 1 aromatic heterocycles. The van der Waals surface area contributed by atoms with Crippen LogP contribution in [0.25, 0.3) is 10.2 Å². The van der Waals surface area contributed by atoms with E-state index in [0.717, 1.165) is 41.9 Å². The number of benzene rings is 2. The van der Waals surface area contributed by atoms with E-state index >= 15 is 0 Å². The first-order valence-electron chi connectivity index (χ1n) is 13.5. The van der Waals surface area contributed by atoms with Crippen LogP contribution >= 0.6 is 11.3 Å². The topological polar surface area (TPSA) is 118 Å². The molecule has 2 N–H and O–H groups in total. The van der Waals surface area contributed by atoms with Crippen molar-refractivity contribution in [2.75, 3.05) is 13.2 Å². The second-order valence-corrected chi connectivity index (χ2v) is 12.5. The molecular weight excluding hydrogens is 520 g/mol. The molecule has 4 aliphatic carbocycles. The molecule has 204 valence electrons. The van der Waals surface area contributed by atoms with Crippen LogP contribution in [0, 0.1) is 23.7 Å². The normalized spacial score (nSPS) is 32.4. The van der Waals surface area contributed by atoms with Gasteiger partial charge in [0.2, 0.25) is 5.91 Å². The summed E-state index contributed by atoms with van der Waals surface area (Å²) < 4.78 is 7.23. The Hall–Kier alpha value is -3.05. The number of amides is 2. The van der Waals surface area contributed by atoms with Gasteiger partial charge in [-0.15, -0.1) is 11.3 Å². The minimum absolute atomic E-state index is 0.00404. The first kappa shape index (κ1) is 25.0. The lowest BCUT2D eigenvalue weighted by Crippen LogP contribution is -2.76. The highest BCUT2D eigenvalue weighted by Gasteiger charge is 2.76. The third-order valence-electron chi connectivity index (χ3n) is 9.19. The SMILES string of the molecule is CC(=O)N(CCOC1(c2cccc(O)c2)OOC12C1CC3CC(C1)CC2C3)C(=O)c1nc2ccc(O)cc2s1. The van der Waals surface area contributed by atoms with Crippen molar-refractivity contribution in [2.24, 2.45) is 23.7 Å². The number of fused-ring (bicyclic) bond motifs is 1. The van der Waals surface area contributed by atoms with Gasteiger partial charge in [-0.3, -0.25) is 14.5 Å². The maximum atomic E-state index is 13.3. The van der Waals surface area contributed by atoms with E-state index in [0.29, 0.717) is 27.6 Å². The van der Waals surface area contributed by atoms with Crippen molar-refractivity contribution >= 4 is 33.4 Å². The Morgan fingerprint density at radius 1 is 1.03 bits per heavy atom. The van der Waals surface area contributed by atoms with Crippen LogP contribution in [0.1, 0.15) is 54.4 Å². The number of hydrogen-bond donors (Lipinski definition) is 2. The monoisotopic (exact) mass is 550 g/mol. The Morgan fingerprint density at radius 3 is 2.38 bits per heavy atom. The number of phenols is 2. The van der Waals surface area contributed by atoms with Crippen molar-refractivity contribution in [1.82, 2.24) is 9.88 Å². The molecule has 4 bridgehead atoms. The van der Waals surface area contributed by atoms with E-state index in [1.54, 1.807) is 30.3 Å². The largest absolute Gasteiger partial charge is 0.508 e. The first-order valence-corrected chi connectivity index (χ1v) is 14.3. The van der Waals surface area contributed by atoms with Crippen molar-refractivity contribution in [3.05, 3.63) is 53.0 Å². The van der Waals surface area contributed by atoms with Gasteiger partial charge in [0.1, 0.15) is 11.5 Å². The Kier molecular flexibility index (Phi) is 5.75. The van der Waals surface area contributed by atoms with E-state index in [2.05, 4.69) is 4.98 Å². The summed E-state index contributed by atoms with van der Waals surface area (Å²) >= 11 is 1.12. The molecule has 2 heterocycles. The summed E-state index contributed by atoms with van der Waals surface area (Å²) in [4.78, 5) is 43.4. The zero-order chi connectivity index (χ0) is 26.9. The van der Waals surface area contributed by atoms with E-state index in [-0.39, 0.29) is 41.5 Å². The summed E-state index contributed by atoms with van der Waals surface area (Å²) in [6.07, 6.45) is 5.53. The van der Waals surface area contributed by atoms with Gasteiger partial charge in [0.05, 0.1) is 23.4 Å². The van der Waals surface area contributed by atoms with Crippen LogP contribution in [0.15, 0.2) is 42.5 Å². The Bertz CT molecular complexity index is 1440. The molecule has 10 heteroatoms. The number of phenolic OH excluding ortho intramolecular Hbond substituents is 2. The highest BCUT2D eigenvalue weighted by Crippen LogP contribution is 2.69. The number of carbonyl (C=O) groups excluding carboxylic acids is 2. The molecule has 4 saturated carbocycles. The number of nitrogens with zero attached hydrogens (tertiary/aromatic N) is 2. The fourth-order valence-electron chi connectivity index (χ4n) is 7.78. The molecule has 1 aliphatic heterocycles. The zero-order valence-corrected chi connectivity index (χ0v) is 22.4. The van der Waals surface area contributed by atoms with Crippen molar-refractivity contribution in [1.29, 1.82) is 0 Å². The molecule has 5 aliphatic rings. The summed E-state index contributed by atoms with van der Waals surface area (Å²) in [5, 5.41) is 20.3. The zero-order valence-electron chi connectivity index (χ0n) is 21.5. The number of ether oxygens (including phenoxy) is 1. The average Bonchev–Trinajstić information content (AvgIpc) is 3.30. The van der Waals surface area contributed by atoms with Crippen molar-refractivity contribution < 1.29 is 34.3 Å². The number of imide groups is 1. The molecule has 1 saturated heterocycles. The fraction of sp³-hybridized carbons (Fsp3) is 0.483. The molecule has 1 atom stereocenters. The Labute approximate surface area is 229 Å². The van der Waals surface area contributed by atoms with Gasteiger partial charge in [-0.2, -0.15) is 4.89 Å². The number of rotatable bonds is 6. The van der Waals surface area contributed by atoms with Gasteiger partial charge in [-0.25, -0.2) is 9.87 Å². The van der Waals surface area contributed by atoms with Crippen LogP contribution in [0.5, 0.6) is 11.5 Å². The van der Waals surface area contributed by atoms with Gasteiger partial charge in [-0.05, 0) is 86.1 Å². The molecule has 0 radical (unpaired) electrons. The van der Waals surface area contributed by atoms with Crippen molar-refractivity contribution in [3.8, 4) is 11.5 Å². The summed E-state index contributed by atoms with van der Waals surface area (Å²) in [5.74, 6) is -0.0538. The molecule has 8 rings (SSSR count). The van der Waals surface area contributed by atoms with Gasteiger partial charge < -0.3 is 14.9 Å².